The number of pyridine rings is 1. The van der Waals surface area contributed by atoms with Crippen molar-refractivity contribution >= 4 is 16.9 Å². The number of carbonyl (C=O) groups is 1. The van der Waals surface area contributed by atoms with Gasteiger partial charge in [-0.15, -0.1) is 0 Å². The molecule has 1 atom stereocenters. The van der Waals surface area contributed by atoms with Crippen molar-refractivity contribution in [2.24, 2.45) is 25.4 Å². The molecule has 0 saturated carbocycles. The Labute approximate surface area is 186 Å². The molecule has 0 spiro atoms. The molecule has 0 fully saturated rings. The van der Waals surface area contributed by atoms with Gasteiger partial charge in [0.1, 0.15) is 6.61 Å². The van der Waals surface area contributed by atoms with Crippen molar-refractivity contribution in [3.05, 3.63) is 73.7 Å². The molecule has 1 aliphatic rings. The van der Waals surface area contributed by atoms with Crippen molar-refractivity contribution < 1.29 is 9.53 Å². The monoisotopic (exact) mass is 435 g/mol. The Balaban J connectivity index is 1.75. The first-order valence-electron chi connectivity index (χ1n) is 10.9. The van der Waals surface area contributed by atoms with Gasteiger partial charge in [-0.1, -0.05) is 39.0 Å². The highest BCUT2D eigenvalue weighted by atomic mass is 16.5. The smallest absolute Gasteiger partial charge is 0.339 e. The second kappa shape index (κ2) is 8.04. The van der Waals surface area contributed by atoms with Gasteiger partial charge in [0.25, 0.3) is 5.56 Å². The van der Waals surface area contributed by atoms with E-state index in [-0.39, 0.29) is 12.0 Å². The summed E-state index contributed by atoms with van der Waals surface area (Å²) in [5.41, 5.74) is 2.82. The average Bonchev–Trinajstić information content (AvgIpc) is 2.76. The maximum atomic E-state index is 13.4. The van der Waals surface area contributed by atoms with Gasteiger partial charge in [-0.25, -0.2) is 9.59 Å². The van der Waals surface area contributed by atoms with Gasteiger partial charge in [-0.3, -0.25) is 18.9 Å². The highest BCUT2D eigenvalue weighted by Crippen LogP contribution is 2.39. The first-order chi connectivity index (χ1) is 15.1. The Morgan fingerprint density at radius 3 is 2.59 bits per heavy atom. The fraction of sp³-hybridized carbons (Fsp3) is 0.440. The van der Waals surface area contributed by atoms with Crippen LogP contribution in [0.25, 0.3) is 10.9 Å². The first-order valence-corrected chi connectivity index (χ1v) is 10.9. The predicted octanol–water partition coefficient (Wildman–Crippen LogP) is 3.14. The van der Waals surface area contributed by atoms with Crippen molar-refractivity contribution in [1.82, 2.24) is 14.1 Å². The summed E-state index contributed by atoms with van der Waals surface area (Å²) in [5, 5.41) is 0.767. The van der Waals surface area contributed by atoms with Gasteiger partial charge < -0.3 is 4.74 Å². The van der Waals surface area contributed by atoms with Crippen LogP contribution in [0, 0.1) is 11.3 Å². The molecule has 0 aliphatic heterocycles. The molecule has 1 unspecified atom stereocenters. The van der Waals surface area contributed by atoms with E-state index in [0.717, 1.165) is 46.0 Å². The largest absolute Gasteiger partial charge is 0.456 e. The lowest BCUT2D eigenvalue weighted by molar-refractivity contribution is 0.0462. The number of fused-ring (bicyclic) bond motifs is 2. The van der Waals surface area contributed by atoms with E-state index in [4.69, 9.17) is 9.72 Å². The molecule has 0 saturated heterocycles. The van der Waals surface area contributed by atoms with Crippen LogP contribution in [0.4, 0.5) is 0 Å². The van der Waals surface area contributed by atoms with E-state index in [2.05, 4.69) is 20.8 Å². The van der Waals surface area contributed by atoms with E-state index in [1.54, 1.807) is 7.05 Å². The first kappa shape index (κ1) is 22.0. The Bertz CT molecular complexity index is 1330. The fourth-order valence-electron chi connectivity index (χ4n) is 4.49. The van der Waals surface area contributed by atoms with E-state index < -0.39 is 17.2 Å². The van der Waals surface area contributed by atoms with Crippen molar-refractivity contribution in [3.8, 4) is 0 Å². The number of hydrogen-bond donors (Lipinski definition) is 0. The quantitative estimate of drug-likeness (QED) is 0.590. The van der Waals surface area contributed by atoms with Crippen molar-refractivity contribution in [3.63, 3.8) is 0 Å². The van der Waals surface area contributed by atoms with Crippen molar-refractivity contribution in [2.45, 2.75) is 46.6 Å². The lowest BCUT2D eigenvalue weighted by Crippen LogP contribution is -2.38. The Morgan fingerprint density at radius 2 is 1.88 bits per heavy atom. The zero-order valence-electron chi connectivity index (χ0n) is 19.3. The standard InChI is InChI=1S/C25H29N3O4/c1-25(2,3)15-10-11-20-18(12-15)22(17-8-6-7-9-19(17)26-20)23(30)32-14-16-13-21(29)28(5)24(31)27(16)4/h6-9,13,15H,10-12,14H2,1-5H3. The summed E-state index contributed by atoms with van der Waals surface area (Å²) in [4.78, 5) is 42.5. The third-order valence-corrected chi connectivity index (χ3v) is 6.66. The van der Waals surface area contributed by atoms with E-state index in [1.807, 2.05) is 24.3 Å². The van der Waals surface area contributed by atoms with Gasteiger partial charge in [-0.05, 0) is 42.2 Å². The van der Waals surface area contributed by atoms with Gasteiger partial charge >= 0.3 is 11.7 Å². The molecule has 2 aromatic heterocycles. The third-order valence-electron chi connectivity index (χ3n) is 6.66. The van der Waals surface area contributed by atoms with Crippen LogP contribution in [0.3, 0.4) is 0 Å². The van der Waals surface area contributed by atoms with Gasteiger partial charge in [-0.2, -0.15) is 0 Å². The van der Waals surface area contributed by atoms with E-state index in [0.29, 0.717) is 17.2 Å². The number of para-hydroxylation sites is 1. The molecule has 3 aromatic rings. The molecule has 0 bridgehead atoms. The molecule has 7 nitrogen and oxygen atoms in total. The second-order valence-electron chi connectivity index (χ2n) is 9.69. The van der Waals surface area contributed by atoms with Gasteiger partial charge in [0.2, 0.25) is 0 Å². The number of rotatable bonds is 3. The van der Waals surface area contributed by atoms with Crippen molar-refractivity contribution in [1.29, 1.82) is 0 Å². The molecule has 1 aliphatic carbocycles. The van der Waals surface area contributed by atoms with E-state index in [1.165, 1.54) is 17.7 Å². The molecular weight excluding hydrogens is 406 g/mol. The summed E-state index contributed by atoms with van der Waals surface area (Å²) in [6, 6.07) is 8.93. The number of carbonyl (C=O) groups excluding carboxylic acids is 1. The van der Waals surface area contributed by atoms with Crippen LogP contribution in [0.1, 0.15) is 54.5 Å². The molecular formula is C25H29N3O4. The highest BCUT2D eigenvalue weighted by Gasteiger charge is 2.33. The minimum Gasteiger partial charge on any atom is -0.456 e. The second-order valence-corrected chi connectivity index (χ2v) is 9.69. The summed E-state index contributed by atoms with van der Waals surface area (Å²) >= 11 is 0. The van der Waals surface area contributed by atoms with Gasteiger partial charge in [0, 0.05) is 31.2 Å². The number of ether oxygens (including phenoxy) is 1. The number of nitrogens with zero attached hydrogens (tertiary/aromatic N) is 3. The summed E-state index contributed by atoms with van der Waals surface area (Å²) in [5.74, 6) is -0.0231. The summed E-state index contributed by atoms with van der Waals surface area (Å²) in [7, 11) is 2.98. The average molecular weight is 436 g/mol. The van der Waals surface area contributed by atoms with Gasteiger partial charge in [0.05, 0.1) is 16.8 Å². The number of aryl methyl sites for hydroxylation is 1. The molecule has 32 heavy (non-hydrogen) atoms. The maximum Gasteiger partial charge on any atom is 0.339 e. The Kier molecular flexibility index (Phi) is 5.53. The van der Waals surface area contributed by atoms with Gasteiger partial charge in [0.15, 0.2) is 0 Å². The zero-order valence-corrected chi connectivity index (χ0v) is 19.3. The molecule has 168 valence electrons. The van der Waals surface area contributed by atoms with E-state index >= 15 is 0 Å². The number of aromatic nitrogens is 3. The van der Waals surface area contributed by atoms with Crippen LogP contribution in [0.5, 0.6) is 0 Å². The normalized spacial score (nSPS) is 16.1. The SMILES string of the molecule is Cn1c(COC(=O)c2c3c(nc4ccccc24)CCC(C(C)(C)C)C3)cc(=O)n(C)c1=O. The predicted molar refractivity (Wildman–Crippen MR) is 123 cm³/mol. The minimum atomic E-state index is -0.456. The Morgan fingerprint density at radius 1 is 1.16 bits per heavy atom. The van der Waals surface area contributed by atoms with Crippen LogP contribution >= 0.6 is 0 Å². The third kappa shape index (κ3) is 3.87. The van der Waals surface area contributed by atoms with Crippen LogP contribution in [0.2, 0.25) is 0 Å². The molecule has 0 radical (unpaired) electrons. The summed E-state index contributed by atoms with van der Waals surface area (Å²) in [6.45, 7) is 6.53. The maximum absolute atomic E-state index is 13.4. The molecule has 7 heteroatoms. The lowest BCUT2D eigenvalue weighted by Gasteiger charge is -2.35. The zero-order chi connectivity index (χ0) is 23.2. The summed E-state index contributed by atoms with van der Waals surface area (Å²) < 4.78 is 8.01. The molecule has 4 rings (SSSR count). The van der Waals surface area contributed by atoms with Crippen LogP contribution in [-0.4, -0.2) is 20.1 Å². The molecule has 1 aromatic carbocycles. The highest BCUT2D eigenvalue weighted by molar-refractivity contribution is 6.05. The summed E-state index contributed by atoms with van der Waals surface area (Å²) in [6.07, 6.45) is 2.63. The molecule has 0 N–H and O–H groups in total. The van der Waals surface area contributed by atoms with Crippen molar-refractivity contribution in [2.75, 3.05) is 0 Å². The topological polar surface area (TPSA) is 83.2 Å². The molecule has 0 amide bonds. The van der Waals surface area contributed by atoms with Crippen LogP contribution in [-0.2, 0) is 38.3 Å². The Hall–Kier alpha value is -3.22. The number of hydrogen-bond acceptors (Lipinski definition) is 5. The minimum absolute atomic E-state index is 0.118. The fourth-order valence-corrected chi connectivity index (χ4v) is 4.49. The van der Waals surface area contributed by atoms with Crippen LogP contribution < -0.4 is 11.2 Å². The van der Waals surface area contributed by atoms with Crippen LogP contribution in [0.15, 0.2) is 39.9 Å². The number of benzene rings is 1. The lowest BCUT2D eigenvalue weighted by atomic mass is 9.70. The molecule has 2 heterocycles. The number of esters is 1. The van der Waals surface area contributed by atoms with E-state index in [9.17, 15) is 14.4 Å².